The van der Waals surface area contributed by atoms with Crippen LogP contribution in [-0.4, -0.2) is 39.9 Å². The minimum absolute atomic E-state index is 0.0776. The summed E-state index contributed by atoms with van der Waals surface area (Å²) in [6.07, 6.45) is 0. The maximum absolute atomic E-state index is 6.38. The Bertz CT molecular complexity index is 7930. The predicted octanol–water partition coefficient (Wildman–Crippen LogP) is 29.6. The zero-order valence-corrected chi connectivity index (χ0v) is 66.6. The summed E-state index contributed by atoms with van der Waals surface area (Å²) in [6, 6.07) is 116. The zero-order valence-electron chi connectivity index (χ0n) is 63.6. The van der Waals surface area contributed by atoms with Crippen LogP contribution in [0.3, 0.4) is 0 Å². The number of aromatic nitrogens is 8. The van der Waals surface area contributed by atoms with Crippen molar-refractivity contribution >= 4 is 167 Å². The molecule has 1 aliphatic carbocycles. The molecule has 0 atom stereocenters. The molecule has 0 bridgehead atoms. The number of halogens is 4. The second-order valence-electron chi connectivity index (χ2n) is 29.8. The maximum atomic E-state index is 6.38. The van der Waals surface area contributed by atoms with E-state index in [-0.39, 0.29) is 26.5 Å². The normalized spacial score (nSPS) is 12.2. The number of fused-ring (bicyclic) bond motifs is 19. The quantitative estimate of drug-likeness (QED) is 0.110. The van der Waals surface area contributed by atoms with Crippen molar-refractivity contribution in [1.29, 1.82) is 0 Å². The first-order chi connectivity index (χ1) is 58.3. The largest absolute Gasteiger partial charge is 0.452 e. The molecule has 0 amide bonds. The average Bonchev–Trinajstić information content (AvgIpc) is 1.59. The molecule has 0 aliphatic heterocycles. The molecule has 24 rings (SSSR count). The number of rotatable bonds is 7. The van der Waals surface area contributed by atoms with Crippen LogP contribution in [0.25, 0.3) is 210 Å². The number of hydrogen-bond acceptors (Lipinski definition) is 12. The molecule has 566 valence electrons. The molecule has 119 heavy (non-hydrogen) atoms. The third kappa shape index (κ3) is 13.2. The first-order valence-electron chi connectivity index (χ1n) is 38.8. The highest BCUT2D eigenvalue weighted by atomic mass is 35.5. The van der Waals surface area contributed by atoms with E-state index in [2.05, 4.69) is 248 Å². The molecule has 0 N–H and O–H groups in total. The van der Waals surface area contributed by atoms with Crippen LogP contribution in [0.4, 0.5) is 0 Å². The van der Waals surface area contributed by atoms with Crippen LogP contribution >= 0.6 is 46.4 Å². The summed E-state index contributed by atoms with van der Waals surface area (Å²) in [6.45, 7) is 4.54. The number of hydrogen-bond donors (Lipinski definition) is 0. The fourth-order valence-corrected chi connectivity index (χ4v) is 17.4. The topological polar surface area (TPSA) is 156 Å². The number of nitrogens with zero attached hydrogens (tertiary/aromatic N) is 8. The van der Waals surface area contributed by atoms with E-state index < -0.39 is 0 Å². The van der Waals surface area contributed by atoms with E-state index in [9.17, 15) is 0 Å². The molecule has 1 aliphatic rings. The fourth-order valence-electron chi connectivity index (χ4n) is 16.7. The van der Waals surface area contributed by atoms with Crippen molar-refractivity contribution in [3.63, 3.8) is 0 Å². The van der Waals surface area contributed by atoms with Gasteiger partial charge < -0.3 is 17.7 Å². The zero-order chi connectivity index (χ0) is 80.0. The van der Waals surface area contributed by atoms with E-state index in [1.807, 2.05) is 146 Å². The smallest absolute Gasteiger partial charge is 0.223 e. The summed E-state index contributed by atoms with van der Waals surface area (Å²) in [7, 11) is 0. The van der Waals surface area contributed by atoms with Crippen LogP contribution in [0.1, 0.15) is 25.0 Å². The average molecular weight is 1620 g/mol. The van der Waals surface area contributed by atoms with Crippen molar-refractivity contribution in [1.82, 2.24) is 39.9 Å². The lowest BCUT2D eigenvalue weighted by atomic mass is 9.82. The highest BCUT2D eigenvalue weighted by Crippen LogP contribution is 2.51. The van der Waals surface area contributed by atoms with Gasteiger partial charge in [0.1, 0.15) is 67.2 Å². The molecule has 12 nitrogen and oxygen atoms in total. The third-order valence-electron chi connectivity index (χ3n) is 22.3. The summed E-state index contributed by atoms with van der Waals surface area (Å²) < 4.78 is 24.6. The van der Waals surface area contributed by atoms with E-state index in [1.165, 1.54) is 49.4 Å². The van der Waals surface area contributed by atoms with Gasteiger partial charge in [-0.1, -0.05) is 269 Å². The molecule has 16 heteroatoms. The molecule has 8 aromatic heterocycles. The monoisotopic (exact) mass is 1610 g/mol. The molecule has 23 aromatic rings. The Morgan fingerprint density at radius 3 is 1.08 bits per heavy atom. The summed E-state index contributed by atoms with van der Waals surface area (Å²) in [5, 5.41) is 11.7. The van der Waals surface area contributed by atoms with Crippen molar-refractivity contribution in [3.05, 3.63) is 372 Å². The Morgan fingerprint density at radius 2 is 0.563 bits per heavy atom. The van der Waals surface area contributed by atoms with Crippen LogP contribution < -0.4 is 0 Å². The molecule has 0 saturated carbocycles. The molecule has 0 fully saturated rings. The molecule has 0 unspecified atom stereocenters. The van der Waals surface area contributed by atoms with Gasteiger partial charge in [0.2, 0.25) is 21.1 Å². The molecular formula is C103H62Cl4N8O4. The van der Waals surface area contributed by atoms with Crippen LogP contribution in [-0.2, 0) is 5.41 Å². The van der Waals surface area contributed by atoms with Crippen molar-refractivity contribution in [2.24, 2.45) is 0 Å². The lowest BCUT2D eigenvalue weighted by Gasteiger charge is -2.21. The van der Waals surface area contributed by atoms with Gasteiger partial charge in [0, 0.05) is 49.2 Å². The van der Waals surface area contributed by atoms with Crippen LogP contribution in [0, 0.1) is 0 Å². The van der Waals surface area contributed by atoms with Gasteiger partial charge in [0.25, 0.3) is 0 Å². The number of benzene rings is 15. The minimum Gasteiger partial charge on any atom is -0.452 e. The molecular weight excluding hydrogens is 1550 g/mol. The summed E-state index contributed by atoms with van der Waals surface area (Å²) >= 11 is 25.3. The van der Waals surface area contributed by atoms with Crippen molar-refractivity contribution in [2.45, 2.75) is 19.3 Å². The number of para-hydroxylation sites is 4. The van der Waals surface area contributed by atoms with E-state index in [4.69, 9.17) is 64.1 Å². The van der Waals surface area contributed by atoms with Crippen LogP contribution in [0.15, 0.2) is 357 Å². The molecule has 0 spiro atoms. The SMILES string of the molecule is CC1(C)c2ccccc2-c2ccc(-c3nc(Cl)nc4c3oc3ccccc34)cc21.Clc1nc(-c2cc(-c3ccccc3)cc(-c3ccccc3)c2)c2oc3ccccc3c2n1.Clc1nc(-c2cc3ccccc3c3ccccc23)c2oc3ccccc3c2n1.Clc1nc(-c2ccc(-c3ccc4ccccc4c3)cc2)c2oc3ccccc3c2n1. The fraction of sp³-hybridized carbons (Fsp3) is 0.0291. The summed E-state index contributed by atoms with van der Waals surface area (Å²) in [5.41, 5.74) is 27.3. The van der Waals surface area contributed by atoms with Gasteiger partial charge in [-0.2, -0.15) is 0 Å². The third-order valence-corrected chi connectivity index (χ3v) is 23.0. The van der Waals surface area contributed by atoms with E-state index in [0.717, 1.165) is 132 Å². The van der Waals surface area contributed by atoms with Gasteiger partial charge in [0.15, 0.2) is 22.3 Å². The van der Waals surface area contributed by atoms with Gasteiger partial charge >= 0.3 is 0 Å². The number of furan rings is 4. The summed E-state index contributed by atoms with van der Waals surface area (Å²) in [5.74, 6) is 0. The molecule has 8 heterocycles. The Kier molecular flexibility index (Phi) is 18.1. The van der Waals surface area contributed by atoms with Crippen molar-refractivity contribution in [2.75, 3.05) is 0 Å². The first-order valence-corrected chi connectivity index (χ1v) is 40.3. The van der Waals surface area contributed by atoms with E-state index >= 15 is 0 Å². The van der Waals surface area contributed by atoms with Gasteiger partial charge in [-0.05, 0) is 219 Å². The standard InChI is InChI=1S/C28H17ClN2O.C26H15ClN2O.C25H17ClN2O.C24H13ClN2O/c29-28-30-25(27-26(31-28)23-13-7-8-14-24(23)32-27)22-16-20(18-9-3-1-4-10-18)15-21(17-22)19-11-5-2-6-12-19;27-26-28-23(25-24(29-26)21-7-3-4-8-22(21)30-25)18-12-9-17(10-13-18)20-14-11-16-5-1-2-6-19(16)15-20;1-25(2)18-9-5-3-7-15(18)16-12-11-14(13-19(16)25)21-23-22(28-24(26)27-21)17-8-4-6-10-20(17)29-23;25-24-26-21-18-11-5-6-12-20(18)28-23(21)22(27-24)19-13-14-7-1-2-8-15(14)16-9-3-4-10-17(16)19/h1-17H;1-15H;3-13H,1-2H3;1-13H. The predicted molar refractivity (Wildman–Crippen MR) is 485 cm³/mol. The van der Waals surface area contributed by atoms with Crippen LogP contribution in [0.5, 0.6) is 0 Å². The highest BCUT2D eigenvalue weighted by molar-refractivity contribution is 6.31. The maximum Gasteiger partial charge on any atom is 0.223 e. The Balaban J connectivity index is 0.0000000985. The van der Waals surface area contributed by atoms with E-state index in [0.29, 0.717) is 39.4 Å². The van der Waals surface area contributed by atoms with Gasteiger partial charge in [0.05, 0.1) is 0 Å². The molecule has 0 saturated heterocycles. The Labute approximate surface area is 700 Å². The molecule has 15 aromatic carbocycles. The Morgan fingerprint density at radius 1 is 0.210 bits per heavy atom. The lowest BCUT2D eigenvalue weighted by molar-refractivity contribution is 0.659. The van der Waals surface area contributed by atoms with E-state index in [1.54, 1.807) is 0 Å². The van der Waals surface area contributed by atoms with Gasteiger partial charge in [-0.3, -0.25) is 0 Å². The second kappa shape index (κ2) is 29.8. The lowest BCUT2D eigenvalue weighted by Crippen LogP contribution is -2.14. The van der Waals surface area contributed by atoms with Crippen molar-refractivity contribution < 1.29 is 17.7 Å². The van der Waals surface area contributed by atoms with Gasteiger partial charge in [-0.15, -0.1) is 0 Å². The molecule has 0 radical (unpaired) electrons. The van der Waals surface area contributed by atoms with Crippen molar-refractivity contribution in [3.8, 4) is 89.5 Å². The Hall–Kier alpha value is -14.2. The minimum atomic E-state index is -0.0776. The first kappa shape index (κ1) is 72.5. The summed E-state index contributed by atoms with van der Waals surface area (Å²) in [4.78, 5) is 36.0. The second-order valence-corrected chi connectivity index (χ2v) is 31.1. The van der Waals surface area contributed by atoms with Gasteiger partial charge in [-0.25, -0.2) is 39.9 Å². The highest BCUT2D eigenvalue weighted by Gasteiger charge is 2.36. The van der Waals surface area contributed by atoms with Crippen LogP contribution in [0.2, 0.25) is 21.1 Å².